The molecule has 0 aliphatic rings. The minimum absolute atomic E-state index is 0.159. The van der Waals surface area contributed by atoms with Gasteiger partial charge in [0, 0.05) is 10.8 Å². The van der Waals surface area contributed by atoms with E-state index in [1.165, 1.54) is 10.9 Å². The lowest BCUT2D eigenvalue weighted by Gasteiger charge is -2.15. The number of thiophene rings is 1. The van der Waals surface area contributed by atoms with Gasteiger partial charge in [-0.2, -0.15) is 0 Å². The van der Waals surface area contributed by atoms with E-state index < -0.39 is 0 Å². The van der Waals surface area contributed by atoms with Crippen LogP contribution in [0.2, 0.25) is 0 Å². The minimum atomic E-state index is -0.159. The van der Waals surface area contributed by atoms with Gasteiger partial charge in [0.2, 0.25) is 0 Å². The molecule has 1 aromatic carbocycles. The van der Waals surface area contributed by atoms with Gasteiger partial charge in [0.1, 0.15) is 5.82 Å². The van der Waals surface area contributed by atoms with Crippen LogP contribution >= 0.6 is 11.3 Å². The first-order chi connectivity index (χ1) is 8.31. The average Bonchev–Trinajstić information content (AvgIpc) is 2.83. The SMILES string of the molecule is CNCCC(c1cccc(F)c1)c1cccs1. The van der Waals surface area contributed by atoms with Gasteiger partial charge in [-0.25, -0.2) is 4.39 Å². The van der Waals surface area contributed by atoms with E-state index in [0.29, 0.717) is 0 Å². The Bertz CT molecular complexity index is 453. The smallest absolute Gasteiger partial charge is 0.123 e. The van der Waals surface area contributed by atoms with E-state index >= 15 is 0 Å². The number of hydrogen-bond donors (Lipinski definition) is 1. The molecule has 2 rings (SSSR count). The van der Waals surface area contributed by atoms with Crippen LogP contribution in [0.15, 0.2) is 41.8 Å². The molecule has 1 unspecified atom stereocenters. The Kier molecular flexibility index (Phi) is 4.29. The predicted molar refractivity (Wildman–Crippen MR) is 71.1 cm³/mol. The van der Waals surface area contributed by atoms with E-state index in [1.807, 2.05) is 19.2 Å². The second-order valence-corrected chi connectivity index (χ2v) is 4.99. The maximum atomic E-state index is 13.3. The molecule has 1 nitrogen and oxygen atoms in total. The fourth-order valence-electron chi connectivity index (χ4n) is 1.97. The fourth-order valence-corrected chi connectivity index (χ4v) is 2.86. The molecule has 0 spiro atoms. The Morgan fingerprint density at radius 3 is 2.82 bits per heavy atom. The van der Waals surface area contributed by atoms with Gasteiger partial charge in [-0.1, -0.05) is 18.2 Å². The second kappa shape index (κ2) is 5.94. The van der Waals surface area contributed by atoms with Crippen LogP contribution in [0.4, 0.5) is 4.39 Å². The topological polar surface area (TPSA) is 12.0 Å². The van der Waals surface area contributed by atoms with Crippen molar-refractivity contribution in [2.45, 2.75) is 12.3 Å². The van der Waals surface area contributed by atoms with Gasteiger partial charge in [-0.3, -0.25) is 0 Å². The monoisotopic (exact) mass is 249 g/mol. The molecule has 0 aliphatic carbocycles. The fraction of sp³-hybridized carbons (Fsp3) is 0.286. The summed E-state index contributed by atoms with van der Waals surface area (Å²) in [5, 5.41) is 5.23. The van der Waals surface area contributed by atoms with Crippen molar-refractivity contribution in [1.29, 1.82) is 0 Å². The van der Waals surface area contributed by atoms with Gasteiger partial charge < -0.3 is 5.32 Å². The number of benzene rings is 1. The summed E-state index contributed by atoms with van der Waals surface area (Å²) < 4.78 is 13.3. The zero-order valence-electron chi connectivity index (χ0n) is 9.82. The molecule has 0 saturated heterocycles. The first-order valence-corrected chi connectivity index (χ1v) is 6.62. The predicted octanol–water partition coefficient (Wildman–Crippen LogP) is 3.63. The van der Waals surface area contributed by atoms with Gasteiger partial charge in [-0.05, 0) is 49.2 Å². The van der Waals surface area contributed by atoms with Crippen molar-refractivity contribution < 1.29 is 4.39 Å². The van der Waals surface area contributed by atoms with Crippen molar-refractivity contribution in [3.05, 3.63) is 58.0 Å². The molecular formula is C14H16FNS. The van der Waals surface area contributed by atoms with Gasteiger partial charge in [-0.15, -0.1) is 11.3 Å². The van der Waals surface area contributed by atoms with Crippen molar-refractivity contribution in [3.63, 3.8) is 0 Å². The van der Waals surface area contributed by atoms with Crippen LogP contribution in [-0.4, -0.2) is 13.6 Å². The lowest BCUT2D eigenvalue weighted by molar-refractivity contribution is 0.617. The molecule has 1 heterocycles. The first kappa shape index (κ1) is 12.3. The van der Waals surface area contributed by atoms with Gasteiger partial charge >= 0.3 is 0 Å². The van der Waals surface area contributed by atoms with Crippen LogP contribution in [0.1, 0.15) is 22.8 Å². The highest BCUT2D eigenvalue weighted by molar-refractivity contribution is 7.10. The molecule has 0 aliphatic heterocycles. The molecule has 17 heavy (non-hydrogen) atoms. The van der Waals surface area contributed by atoms with E-state index in [1.54, 1.807) is 23.5 Å². The first-order valence-electron chi connectivity index (χ1n) is 5.74. The van der Waals surface area contributed by atoms with Crippen LogP contribution in [0.5, 0.6) is 0 Å². The highest BCUT2D eigenvalue weighted by Gasteiger charge is 2.15. The summed E-state index contributed by atoms with van der Waals surface area (Å²) in [4.78, 5) is 1.30. The molecule has 0 saturated carbocycles. The summed E-state index contributed by atoms with van der Waals surface area (Å²) in [5.74, 6) is 0.131. The van der Waals surface area contributed by atoms with E-state index in [4.69, 9.17) is 0 Å². The van der Waals surface area contributed by atoms with Gasteiger partial charge in [0.25, 0.3) is 0 Å². The third-order valence-corrected chi connectivity index (χ3v) is 3.81. The third-order valence-electron chi connectivity index (χ3n) is 2.82. The van der Waals surface area contributed by atoms with E-state index in [0.717, 1.165) is 18.5 Å². The van der Waals surface area contributed by atoms with Crippen molar-refractivity contribution in [3.8, 4) is 0 Å². The van der Waals surface area contributed by atoms with Gasteiger partial charge in [0.15, 0.2) is 0 Å². The Morgan fingerprint density at radius 2 is 2.18 bits per heavy atom. The summed E-state index contributed by atoms with van der Waals surface area (Å²) in [5.41, 5.74) is 1.06. The quantitative estimate of drug-likeness (QED) is 0.853. The summed E-state index contributed by atoms with van der Waals surface area (Å²) in [7, 11) is 1.94. The maximum absolute atomic E-state index is 13.3. The van der Waals surface area contributed by atoms with Crippen molar-refractivity contribution in [2.75, 3.05) is 13.6 Å². The molecule has 0 bridgehead atoms. The van der Waals surface area contributed by atoms with Crippen LogP contribution in [0.25, 0.3) is 0 Å². The van der Waals surface area contributed by atoms with Crippen LogP contribution in [0, 0.1) is 5.82 Å². The van der Waals surface area contributed by atoms with E-state index in [9.17, 15) is 4.39 Å². The van der Waals surface area contributed by atoms with E-state index in [-0.39, 0.29) is 11.7 Å². The zero-order valence-corrected chi connectivity index (χ0v) is 10.6. The largest absolute Gasteiger partial charge is 0.320 e. The van der Waals surface area contributed by atoms with Crippen molar-refractivity contribution >= 4 is 11.3 Å². The third kappa shape index (κ3) is 3.14. The lowest BCUT2D eigenvalue weighted by atomic mass is 9.94. The van der Waals surface area contributed by atoms with Crippen molar-refractivity contribution in [1.82, 2.24) is 5.32 Å². The Balaban J connectivity index is 2.27. The van der Waals surface area contributed by atoms with Crippen LogP contribution in [-0.2, 0) is 0 Å². The molecule has 0 fully saturated rings. The molecule has 90 valence electrons. The Morgan fingerprint density at radius 1 is 1.29 bits per heavy atom. The van der Waals surface area contributed by atoms with Crippen LogP contribution < -0.4 is 5.32 Å². The minimum Gasteiger partial charge on any atom is -0.320 e. The molecule has 0 radical (unpaired) electrons. The highest BCUT2D eigenvalue weighted by Crippen LogP contribution is 2.31. The number of halogens is 1. The number of rotatable bonds is 5. The van der Waals surface area contributed by atoms with E-state index in [2.05, 4.69) is 16.8 Å². The highest BCUT2D eigenvalue weighted by atomic mass is 32.1. The maximum Gasteiger partial charge on any atom is 0.123 e. The summed E-state index contributed by atoms with van der Waals surface area (Å²) >= 11 is 1.73. The molecule has 1 atom stereocenters. The molecular weight excluding hydrogens is 233 g/mol. The summed E-state index contributed by atoms with van der Waals surface area (Å²) in [6, 6.07) is 11.1. The molecule has 3 heteroatoms. The molecule has 1 N–H and O–H groups in total. The number of hydrogen-bond acceptors (Lipinski definition) is 2. The number of nitrogens with one attached hydrogen (secondary N) is 1. The Labute approximate surface area is 105 Å². The summed E-state index contributed by atoms with van der Waals surface area (Å²) in [6.07, 6.45) is 0.987. The second-order valence-electron chi connectivity index (χ2n) is 4.02. The lowest BCUT2D eigenvalue weighted by Crippen LogP contribution is -2.12. The Hall–Kier alpha value is -1.19. The summed E-state index contributed by atoms with van der Waals surface area (Å²) in [6.45, 7) is 0.930. The molecule has 2 aromatic rings. The average molecular weight is 249 g/mol. The molecule has 1 aromatic heterocycles. The van der Waals surface area contributed by atoms with Gasteiger partial charge in [0.05, 0.1) is 0 Å². The van der Waals surface area contributed by atoms with Crippen molar-refractivity contribution in [2.24, 2.45) is 0 Å². The standard InChI is InChI=1S/C14H16FNS/c1-16-8-7-13(14-6-3-9-17-14)11-4-2-5-12(15)10-11/h2-6,9-10,13,16H,7-8H2,1H3. The molecule has 0 amide bonds. The zero-order chi connectivity index (χ0) is 12.1. The van der Waals surface area contributed by atoms with Crippen LogP contribution in [0.3, 0.4) is 0 Å². The normalized spacial score (nSPS) is 12.6.